The van der Waals surface area contributed by atoms with E-state index in [1.165, 1.54) is 0 Å². The molecule has 6 heteroatoms. The van der Waals surface area contributed by atoms with Crippen molar-refractivity contribution in [2.45, 2.75) is 13.5 Å². The predicted molar refractivity (Wildman–Crippen MR) is 74.2 cm³/mol. The molecule has 0 saturated heterocycles. The molecule has 0 unspecified atom stereocenters. The van der Waals surface area contributed by atoms with Crippen LogP contribution >= 0.6 is 0 Å². The van der Waals surface area contributed by atoms with E-state index in [-0.39, 0.29) is 12.5 Å². The Morgan fingerprint density at radius 1 is 1.30 bits per heavy atom. The predicted octanol–water partition coefficient (Wildman–Crippen LogP) is 1.20. The van der Waals surface area contributed by atoms with Crippen molar-refractivity contribution in [3.8, 4) is 11.5 Å². The summed E-state index contributed by atoms with van der Waals surface area (Å²) in [5, 5.41) is 0. The molecule has 20 heavy (non-hydrogen) atoms. The minimum absolute atomic E-state index is 0.0299. The third-order valence-corrected chi connectivity index (χ3v) is 3.40. The van der Waals surface area contributed by atoms with Crippen molar-refractivity contribution in [2.75, 3.05) is 27.3 Å². The lowest BCUT2D eigenvalue weighted by Gasteiger charge is -2.18. The Balaban J connectivity index is 2.07. The summed E-state index contributed by atoms with van der Waals surface area (Å²) in [6, 6.07) is 3.76. The Labute approximate surface area is 116 Å². The maximum Gasteiger partial charge on any atom is 0.242 e. The van der Waals surface area contributed by atoms with Gasteiger partial charge in [0.15, 0.2) is 11.5 Å². The van der Waals surface area contributed by atoms with Crippen LogP contribution in [-0.2, 0) is 11.3 Å². The first-order valence-corrected chi connectivity index (χ1v) is 6.53. The van der Waals surface area contributed by atoms with Gasteiger partial charge in [-0.05, 0) is 6.92 Å². The molecular formula is C14H17N3O3. The lowest BCUT2D eigenvalue weighted by molar-refractivity contribution is -0.129. The number of rotatable bonds is 2. The molecule has 0 spiro atoms. The molecule has 1 amide bonds. The average Bonchev–Trinajstić information content (AvgIpc) is 2.72. The van der Waals surface area contributed by atoms with Gasteiger partial charge in [0, 0.05) is 26.2 Å². The summed E-state index contributed by atoms with van der Waals surface area (Å²) in [7, 11) is 3.49. The van der Waals surface area contributed by atoms with Crippen molar-refractivity contribution in [2.24, 2.45) is 0 Å². The molecule has 1 aliphatic rings. The number of likely N-dealkylation sites (N-methyl/N-ethyl adjacent to an activating group) is 1. The second kappa shape index (κ2) is 4.70. The minimum atomic E-state index is 0.0299. The normalized spacial score (nSPS) is 13.6. The first-order valence-electron chi connectivity index (χ1n) is 6.53. The van der Waals surface area contributed by atoms with Crippen LogP contribution in [0.2, 0.25) is 0 Å². The molecule has 6 nitrogen and oxygen atoms in total. The van der Waals surface area contributed by atoms with Gasteiger partial charge in [0.05, 0.1) is 11.0 Å². The number of imidazole rings is 1. The molecule has 0 atom stereocenters. The first kappa shape index (κ1) is 12.8. The molecule has 0 fully saturated rings. The van der Waals surface area contributed by atoms with Crippen LogP contribution in [0.15, 0.2) is 12.1 Å². The van der Waals surface area contributed by atoms with Gasteiger partial charge in [-0.15, -0.1) is 0 Å². The summed E-state index contributed by atoms with van der Waals surface area (Å²) >= 11 is 0. The Kier molecular flexibility index (Phi) is 3.00. The summed E-state index contributed by atoms with van der Waals surface area (Å²) < 4.78 is 13.0. The van der Waals surface area contributed by atoms with Crippen LogP contribution < -0.4 is 9.47 Å². The lowest BCUT2D eigenvalue weighted by Crippen LogP contribution is -2.26. The summed E-state index contributed by atoms with van der Waals surface area (Å²) in [5.74, 6) is 2.26. The zero-order chi connectivity index (χ0) is 14.3. The van der Waals surface area contributed by atoms with Gasteiger partial charge in [0.25, 0.3) is 0 Å². The lowest BCUT2D eigenvalue weighted by atomic mass is 10.2. The molecule has 1 aromatic carbocycles. The summed E-state index contributed by atoms with van der Waals surface area (Å²) in [4.78, 5) is 18.0. The van der Waals surface area contributed by atoms with Gasteiger partial charge < -0.3 is 18.9 Å². The van der Waals surface area contributed by atoms with Gasteiger partial charge in [0.1, 0.15) is 25.6 Å². The topological polar surface area (TPSA) is 56.6 Å². The number of aryl methyl sites for hydroxylation is 1. The Hall–Kier alpha value is -2.24. The van der Waals surface area contributed by atoms with Gasteiger partial charge in [0.2, 0.25) is 5.91 Å². The van der Waals surface area contributed by atoms with Gasteiger partial charge in [-0.2, -0.15) is 0 Å². The second-order valence-corrected chi connectivity index (χ2v) is 5.02. The number of benzene rings is 1. The summed E-state index contributed by atoms with van der Waals surface area (Å²) in [5.41, 5.74) is 1.71. The first-order chi connectivity index (χ1) is 9.56. The summed E-state index contributed by atoms with van der Waals surface area (Å²) in [6.45, 7) is 3.26. The molecule has 0 N–H and O–H groups in total. The van der Waals surface area contributed by atoms with E-state index in [9.17, 15) is 4.79 Å². The van der Waals surface area contributed by atoms with E-state index in [2.05, 4.69) is 4.98 Å². The Morgan fingerprint density at radius 3 is 2.60 bits per heavy atom. The quantitative estimate of drug-likeness (QED) is 0.826. The highest BCUT2D eigenvalue weighted by molar-refractivity contribution is 5.83. The average molecular weight is 275 g/mol. The van der Waals surface area contributed by atoms with E-state index in [1.54, 1.807) is 19.0 Å². The van der Waals surface area contributed by atoms with Crippen LogP contribution in [0, 0.1) is 6.92 Å². The van der Waals surface area contributed by atoms with E-state index in [0.717, 1.165) is 16.9 Å². The highest BCUT2D eigenvalue weighted by Crippen LogP contribution is 2.34. The number of amides is 1. The smallest absolute Gasteiger partial charge is 0.242 e. The molecule has 106 valence electrons. The van der Waals surface area contributed by atoms with Crippen molar-refractivity contribution in [1.29, 1.82) is 0 Å². The maximum atomic E-state index is 11.9. The standard InChI is InChI=1S/C14H17N3O3/c1-9-15-10-6-12-13(20-5-4-19-12)7-11(10)17(9)8-14(18)16(2)3/h6-7H,4-5,8H2,1-3H3. The van der Waals surface area contributed by atoms with Crippen molar-refractivity contribution < 1.29 is 14.3 Å². The van der Waals surface area contributed by atoms with Crippen LogP contribution in [0.1, 0.15) is 5.82 Å². The van der Waals surface area contributed by atoms with E-state index >= 15 is 0 Å². The number of hydrogen-bond donors (Lipinski definition) is 0. The van der Waals surface area contributed by atoms with Crippen LogP contribution in [-0.4, -0.2) is 47.7 Å². The molecule has 1 aromatic heterocycles. The molecule has 0 saturated carbocycles. The fraction of sp³-hybridized carbons (Fsp3) is 0.429. The van der Waals surface area contributed by atoms with E-state index in [0.29, 0.717) is 24.7 Å². The maximum absolute atomic E-state index is 11.9. The van der Waals surface area contributed by atoms with Crippen LogP contribution in [0.4, 0.5) is 0 Å². The molecule has 2 heterocycles. The largest absolute Gasteiger partial charge is 0.486 e. The van der Waals surface area contributed by atoms with Gasteiger partial charge in [-0.25, -0.2) is 4.98 Å². The zero-order valence-corrected chi connectivity index (χ0v) is 11.8. The highest BCUT2D eigenvalue weighted by Gasteiger charge is 2.18. The zero-order valence-electron chi connectivity index (χ0n) is 11.8. The fourth-order valence-corrected chi connectivity index (χ4v) is 2.26. The SMILES string of the molecule is Cc1nc2cc3c(cc2n1CC(=O)N(C)C)OCCO3. The number of fused-ring (bicyclic) bond motifs is 2. The molecule has 0 aliphatic carbocycles. The fourth-order valence-electron chi connectivity index (χ4n) is 2.26. The molecule has 1 aliphatic heterocycles. The monoisotopic (exact) mass is 275 g/mol. The van der Waals surface area contributed by atoms with Crippen LogP contribution in [0.3, 0.4) is 0 Å². The second-order valence-electron chi connectivity index (χ2n) is 5.02. The highest BCUT2D eigenvalue weighted by atomic mass is 16.6. The number of hydrogen-bond acceptors (Lipinski definition) is 4. The molecule has 0 bridgehead atoms. The van der Waals surface area contributed by atoms with Gasteiger partial charge in [-0.3, -0.25) is 4.79 Å². The van der Waals surface area contributed by atoms with Crippen molar-refractivity contribution in [3.63, 3.8) is 0 Å². The number of carbonyl (C=O) groups is 1. The third kappa shape index (κ3) is 2.07. The van der Waals surface area contributed by atoms with Crippen molar-refractivity contribution >= 4 is 16.9 Å². The Bertz CT molecular complexity index is 676. The number of aromatic nitrogens is 2. The molecule has 0 radical (unpaired) electrons. The van der Waals surface area contributed by atoms with E-state index in [4.69, 9.17) is 9.47 Å². The van der Waals surface area contributed by atoms with Crippen molar-refractivity contribution in [1.82, 2.24) is 14.5 Å². The third-order valence-electron chi connectivity index (χ3n) is 3.40. The van der Waals surface area contributed by atoms with Gasteiger partial charge >= 0.3 is 0 Å². The van der Waals surface area contributed by atoms with E-state index < -0.39 is 0 Å². The van der Waals surface area contributed by atoms with Gasteiger partial charge in [-0.1, -0.05) is 0 Å². The minimum Gasteiger partial charge on any atom is -0.486 e. The number of carbonyl (C=O) groups excluding carboxylic acids is 1. The molecule has 3 rings (SSSR count). The van der Waals surface area contributed by atoms with Crippen molar-refractivity contribution in [3.05, 3.63) is 18.0 Å². The Morgan fingerprint density at radius 2 is 1.95 bits per heavy atom. The van der Waals surface area contributed by atoms with Crippen LogP contribution in [0.25, 0.3) is 11.0 Å². The van der Waals surface area contributed by atoms with E-state index in [1.807, 2.05) is 23.6 Å². The van der Waals surface area contributed by atoms with Crippen LogP contribution in [0.5, 0.6) is 11.5 Å². The molecular weight excluding hydrogens is 258 g/mol. The number of ether oxygens (including phenoxy) is 2. The number of nitrogens with zero attached hydrogens (tertiary/aromatic N) is 3. The molecule has 2 aromatic rings. The summed E-state index contributed by atoms with van der Waals surface area (Å²) in [6.07, 6.45) is 0.